The highest BCUT2D eigenvalue weighted by Crippen LogP contribution is 2.14. The molecular weight excluding hydrogens is 262 g/mol. The number of esters is 1. The molecule has 0 aromatic heterocycles. The quantitative estimate of drug-likeness (QED) is 0.627. The van der Waals surface area contributed by atoms with E-state index in [4.69, 9.17) is 4.74 Å². The largest absolute Gasteiger partial charge is 0.468 e. The molecule has 0 saturated carbocycles. The molecule has 1 unspecified atom stereocenters. The van der Waals surface area contributed by atoms with Crippen LogP contribution in [0.4, 0.5) is 0 Å². The number of benzene rings is 2. The van der Waals surface area contributed by atoms with Crippen LogP contribution in [0.1, 0.15) is 23.6 Å². The van der Waals surface area contributed by atoms with Crippen LogP contribution in [0, 0.1) is 0 Å². The maximum Gasteiger partial charge on any atom is 0.327 e. The molecule has 3 nitrogen and oxygen atoms in total. The highest BCUT2D eigenvalue weighted by Gasteiger charge is 2.19. The zero-order valence-corrected chi connectivity index (χ0v) is 12.3. The van der Waals surface area contributed by atoms with Gasteiger partial charge in [-0.1, -0.05) is 60.7 Å². The van der Waals surface area contributed by atoms with Crippen LogP contribution < -0.4 is 5.32 Å². The molecule has 2 aromatic rings. The van der Waals surface area contributed by atoms with Crippen LogP contribution in [0.25, 0.3) is 0 Å². The van der Waals surface area contributed by atoms with Crippen LogP contribution in [0.3, 0.4) is 0 Å². The van der Waals surface area contributed by atoms with Crippen molar-refractivity contribution in [1.29, 1.82) is 0 Å². The minimum absolute atomic E-state index is 0.249. The van der Waals surface area contributed by atoms with Gasteiger partial charge in [0.25, 0.3) is 0 Å². The van der Waals surface area contributed by atoms with E-state index in [1.54, 1.807) is 0 Å². The van der Waals surface area contributed by atoms with Crippen molar-refractivity contribution >= 4 is 5.97 Å². The summed E-state index contributed by atoms with van der Waals surface area (Å²) in [5, 5.41) is 3.28. The molecule has 0 fully saturated rings. The first-order valence-electron chi connectivity index (χ1n) is 7.21. The molecule has 0 bridgehead atoms. The van der Waals surface area contributed by atoms with Crippen LogP contribution in [0.5, 0.6) is 0 Å². The third kappa shape index (κ3) is 4.72. The van der Waals surface area contributed by atoms with E-state index in [-0.39, 0.29) is 5.97 Å². The Morgan fingerprint density at radius 3 is 2.29 bits per heavy atom. The predicted octanol–water partition coefficient (Wildman–Crippen LogP) is 3.12. The van der Waals surface area contributed by atoms with Gasteiger partial charge < -0.3 is 10.1 Å². The fraction of sp³-hybridized carbons (Fsp3) is 0.278. The van der Waals surface area contributed by atoms with Crippen LogP contribution in [-0.4, -0.2) is 19.6 Å². The lowest BCUT2D eigenvalue weighted by molar-refractivity contribution is -0.143. The number of hydrogen-bond donors (Lipinski definition) is 1. The monoisotopic (exact) mass is 283 g/mol. The van der Waals surface area contributed by atoms with E-state index < -0.39 is 6.04 Å². The van der Waals surface area contributed by atoms with E-state index in [0.29, 0.717) is 0 Å². The maximum absolute atomic E-state index is 11.9. The van der Waals surface area contributed by atoms with Crippen molar-refractivity contribution in [3.8, 4) is 0 Å². The standard InChI is InChI=1S/C18H21NO2/c1-21-18(20)17(16-12-6-3-7-13-16)19-14-8-11-15-9-4-2-5-10-15/h2-7,9-10,12-13,17,19H,8,11,14H2,1H3. The Hall–Kier alpha value is -2.13. The molecule has 110 valence electrons. The number of hydrogen-bond acceptors (Lipinski definition) is 3. The van der Waals surface area contributed by atoms with Gasteiger partial charge in [0, 0.05) is 0 Å². The summed E-state index contributed by atoms with van der Waals surface area (Å²) in [6.45, 7) is 0.767. The highest BCUT2D eigenvalue weighted by atomic mass is 16.5. The Kier molecular flexibility index (Phi) is 5.98. The molecule has 0 aliphatic rings. The van der Waals surface area contributed by atoms with E-state index in [0.717, 1.165) is 24.9 Å². The van der Waals surface area contributed by atoms with Crippen molar-refractivity contribution in [1.82, 2.24) is 5.32 Å². The number of nitrogens with one attached hydrogen (secondary N) is 1. The van der Waals surface area contributed by atoms with Gasteiger partial charge in [0.15, 0.2) is 0 Å². The first kappa shape index (κ1) is 15.3. The van der Waals surface area contributed by atoms with Crippen molar-refractivity contribution in [2.45, 2.75) is 18.9 Å². The van der Waals surface area contributed by atoms with Crippen molar-refractivity contribution < 1.29 is 9.53 Å². The molecule has 3 heteroatoms. The predicted molar refractivity (Wildman–Crippen MR) is 84.0 cm³/mol. The van der Waals surface area contributed by atoms with E-state index in [9.17, 15) is 4.79 Å². The number of ether oxygens (including phenoxy) is 1. The summed E-state index contributed by atoms with van der Waals surface area (Å²) < 4.78 is 4.88. The minimum Gasteiger partial charge on any atom is -0.468 e. The molecule has 0 saturated heterocycles. The van der Waals surface area contributed by atoms with Crippen molar-refractivity contribution in [2.75, 3.05) is 13.7 Å². The average Bonchev–Trinajstić information content (AvgIpc) is 2.56. The number of aryl methyl sites for hydroxylation is 1. The van der Waals surface area contributed by atoms with Crippen LogP contribution >= 0.6 is 0 Å². The lowest BCUT2D eigenvalue weighted by atomic mass is 10.1. The Morgan fingerprint density at radius 1 is 1.05 bits per heavy atom. The van der Waals surface area contributed by atoms with Crippen LogP contribution in [0.15, 0.2) is 60.7 Å². The summed E-state index contributed by atoms with van der Waals surface area (Å²) >= 11 is 0. The number of carbonyl (C=O) groups excluding carboxylic acids is 1. The second kappa shape index (κ2) is 8.22. The summed E-state index contributed by atoms with van der Waals surface area (Å²) in [7, 11) is 1.42. The Labute approximate surface area is 126 Å². The van der Waals surface area contributed by atoms with E-state index in [1.807, 2.05) is 48.5 Å². The number of carbonyl (C=O) groups is 1. The first-order valence-corrected chi connectivity index (χ1v) is 7.21. The summed E-state index contributed by atoms with van der Waals surface area (Å²) in [4.78, 5) is 11.9. The molecule has 0 radical (unpaired) electrons. The van der Waals surface area contributed by atoms with Gasteiger partial charge in [0.05, 0.1) is 7.11 Å². The van der Waals surface area contributed by atoms with Crippen LogP contribution in [0.2, 0.25) is 0 Å². The fourth-order valence-corrected chi connectivity index (χ4v) is 2.28. The second-order valence-corrected chi connectivity index (χ2v) is 4.91. The molecule has 1 atom stereocenters. The van der Waals surface area contributed by atoms with E-state index in [2.05, 4.69) is 17.4 Å². The Bertz CT molecular complexity index is 540. The zero-order chi connectivity index (χ0) is 14.9. The van der Waals surface area contributed by atoms with Gasteiger partial charge in [0.2, 0.25) is 0 Å². The normalized spacial score (nSPS) is 11.9. The molecule has 0 aliphatic carbocycles. The molecule has 1 N–H and O–H groups in total. The lowest BCUT2D eigenvalue weighted by Gasteiger charge is -2.16. The van der Waals surface area contributed by atoms with Gasteiger partial charge in [-0.2, -0.15) is 0 Å². The summed E-state index contributed by atoms with van der Waals surface area (Å²) in [5.41, 5.74) is 2.25. The lowest BCUT2D eigenvalue weighted by Crippen LogP contribution is -2.30. The molecular formula is C18H21NO2. The molecule has 21 heavy (non-hydrogen) atoms. The smallest absolute Gasteiger partial charge is 0.327 e. The number of rotatable bonds is 7. The molecule has 0 spiro atoms. The van der Waals surface area contributed by atoms with Gasteiger partial charge in [-0.3, -0.25) is 0 Å². The number of methoxy groups -OCH3 is 1. The minimum atomic E-state index is -0.396. The highest BCUT2D eigenvalue weighted by molar-refractivity contribution is 5.77. The molecule has 0 aliphatic heterocycles. The summed E-state index contributed by atoms with van der Waals surface area (Å²) in [6.07, 6.45) is 1.97. The fourth-order valence-electron chi connectivity index (χ4n) is 2.28. The van der Waals surface area contributed by atoms with Gasteiger partial charge in [-0.05, 0) is 30.5 Å². The van der Waals surface area contributed by atoms with Gasteiger partial charge in [0.1, 0.15) is 6.04 Å². The van der Waals surface area contributed by atoms with Crippen molar-refractivity contribution in [3.05, 3.63) is 71.8 Å². The van der Waals surface area contributed by atoms with Gasteiger partial charge in [-0.15, -0.1) is 0 Å². The zero-order valence-electron chi connectivity index (χ0n) is 12.3. The topological polar surface area (TPSA) is 38.3 Å². The Balaban J connectivity index is 1.87. The third-order valence-electron chi connectivity index (χ3n) is 3.40. The average molecular weight is 283 g/mol. The molecule has 2 aromatic carbocycles. The first-order chi connectivity index (χ1) is 10.3. The molecule has 0 heterocycles. The summed E-state index contributed by atoms with van der Waals surface area (Å²) in [5.74, 6) is -0.249. The van der Waals surface area contributed by atoms with E-state index >= 15 is 0 Å². The van der Waals surface area contributed by atoms with Gasteiger partial charge in [-0.25, -0.2) is 4.79 Å². The SMILES string of the molecule is COC(=O)C(NCCCc1ccccc1)c1ccccc1. The third-order valence-corrected chi connectivity index (χ3v) is 3.40. The van der Waals surface area contributed by atoms with E-state index in [1.165, 1.54) is 12.7 Å². The van der Waals surface area contributed by atoms with Crippen molar-refractivity contribution in [3.63, 3.8) is 0 Å². The van der Waals surface area contributed by atoms with Gasteiger partial charge >= 0.3 is 5.97 Å². The van der Waals surface area contributed by atoms with Crippen molar-refractivity contribution in [2.24, 2.45) is 0 Å². The Morgan fingerprint density at radius 2 is 1.67 bits per heavy atom. The maximum atomic E-state index is 11.9. The summed E-state index contributed by atoms with van der Waals surface area (Å²) in [6, 6.07) is 19.6. The molecule has 2 rings (SSSR count). The molecule has 0 amide bonds. The second-order valence-electron chi connectivity index (χ2n) is 4.91. The van der Waals surface area contributed by atoms with Crippen LogP contribution in [-0.2, 0) is 16.0 Å².